The molecule has 0 aromatic heterocycles. The molecular weight excluding hydrogens is 177 g/mol. The third kappa shape index (κ3) is 5.23. The molecule has 2 heteroatoms. The van der Waals surface area contributed by atoms with Gasteiger partial charge >= 0.3 is 102 Å². The number of nitrogens with zero attached hydrogens (tertiary/aromatic N) is 1. The van der Waals surface area contributed by atoms with Crippen molar-refractivity contribution in [2.24, 2.45) is 0 Å². The van der Waals surface area contributed by atoms with E-state index in [-0.39, 0.29) is 0 Å². The van der Waals surface area contributed by atoms with E-state index in [1.807, 2.05) is 0 Å². The van der Waals surface area contributed by atoms with E-state index in [4.69, 9.17) is 0 Å². The van der Waals surface area contributed by atoms with Crippen LogP contribution in [0.2, 0.25) is 5.09 Å². The van der Waals surface area contributed by atoms with Crippen LogP contribution >= 0.6 is 0 Å². The van der Waals surface area contributed by atoms with Crippen molar-refractivity contribution in [2.45, 2.75) is 18.6 Å². The van der Waals surface area contributed by atoms with Crippen molar-refractivity contribution in [1.29, 1.82) is 0 Å². The molecule has 0 fully saturated rings. The molecule has 0 atom stereocenters. The molecule has 76 valence electrons. The van der Waals surface area contributed by atoms with Gasteiger partial charge in [0.1, 0.15) is 0 Å². The maximum atomic E-state index is 2.43. The van der Waals surface area contributed by atoms with Crippen LogP contribution in [0.4, 0.5) is 0 Å². The Morgan fingerprint density at radius 2 is 1.93 bits per heavy atom. The summed E-state index contributed by atoms with van der Waals surface area (Å²) in [7, 11) is 0. The number of allylic oxidation sites excluding steroid dienone is 1. The maximum absolute atomic E-state index is 2.43. The molecule has 0 amide bonds. The van der Waals surface area contributed by atoms with Crippen LogP contribution in [0.1, 0.15) is 12.5 Å². The van der Waals surface area contributed by atoms with E-state index in [0.717, 1.165) is 24.7 Å². The summed E-state index contributed by atoms with van der Waals surface area (Å²) in [5, 5.41) is 1.13. The van der Waals surface area contributed by atoms with E-state index in [1.54, 1.807) is 0 Å². The topological polar surface area (TPSA) is 3.24 Å². The average molecular weight is 195 g/mol. The first kappa shape index (κ1) is 12.6. The Hall–Kier alpha value is -0.483. The Morgan fingerprint density at radius 3 is 2.53 bits per heavy atom. The molecule has 1 aromatic carbocycles. The molecule has 0 aliphatic heterocycles. The summed E-state index contributed by atoms with van der Waals surface area (Å²) in [5.41, 5.74) is 1.39. The van der Waals surface area contributed by atoms with Crippen LogP contribution in [0.15, 0.2) is 42.5 Å². The molecule has 0 saturated carbocycles. The summed E-state index contributed by atoms with van der Waals surface area (Å²) in [6.45, 7) is 5.41. The van der Waals surface area contributed by atoms with Crippen LogP contribution in [0, 0.1) is 0 Å². The molecule has 0 radical (unpaired) electrons. The van der Waals surface area contributed by atoms with Gasteiger partial charge in [-0.1, -0.05) is 0 Å². The average Bonchev–Trinajstić information content (AvgIpc) is 2.29. The summed E-state index contributed by atoms with van der Waals surface area (Å²) < 4.78 is 0. The molecule has 1 rings (SSSR count). The summed E-state index contributed by atoms with van der Waals surface area (Å²) >= 11 is 2.17. The molecule has 1 nitrogen and oxygen atoms in total. The van der Waals surface area contributed by atoms with Gasteiger partial charge in [0.25, 0.3) is 0 Å². The third-order valence-electron chi connectivity index (χ3n) is 2.46. The van der Waals surface area contributed by atoms with E-state index >= 15 is 0 Å². The number of likely N-dealkylation sites (N-methyl/N-ethyl adjacent to an activating group) is 1. The second-order valence-electron chi connectivity index (χ2n) is 3.69. The number of rotatable bonds is 6. The summed E-state index contributed by atoms with van der Waals surface area (Å²) in [6.07, 6.45) is 4.49. The molecule has 0 bridgehead atoms. The van der Waals surface area contributed by atoms with Crippen LogP contribution in [-0.2, 0) is 6.54 Å². The van der Waals surface area contributed by atoms with Gasteiger partial charge in [0.15, 0.2) is 0 Å². The Balaban J connectivity index is 2.43. The monoisotopic (exact) mass is 195 g/mol. The summed E-state index contributed by atoms with van der Waals surface area (Å²) in [5.74, 6) is 0. The molecule has 1 aromatic rings. The van der Waals surface area contributed by atoms with Crippen LogP contribution in [0.3, 0.4) is 0 Å². The Kier molecular flexibility index (Phi) is 6.51. The van der Waals surface area contributed by atoms with Crippen molar-refractivity contribution in [2.75, 3.05) is 13.1 Å². The fourth-order valence-electron chi connectivity index (χ4n) is 1.54. The van der Waals surface area contributed by atoms with E-state index in [2.05, 4.69) is 72.0 Å². The minimum absolute atomic E-state index is 1.05. The van der Waals surface area contributed by atoms with Gasteiger partial charge < -0.3 is 0 Å². The van der Waals surface area contributed by atoms with Crippen molar-refractivity contribution in [3.05, 3.63) is 48.0 Å². The zero-order valence-electron chi connectivity index (χ0n) is 9.82. The molecular formula is C13H18LiN. The van der Waals surface area contributed by atoms with Gasteiger partial charge in [-0.3, -0.25) is 0 Å². The van der Waals surface area contributed by atoms with E-state index in [1.165, 1.54) is 5.56 Å². The van der Waals surface area contributed by atoms with Gasteiger partial charge in [-0.15, -0.1) is 0 Å². The number of benzene rings is 1. The number of hydrogen-bond donors (Lipinski definition) is 0. The first-order valence-corrected chi connectivity index (χ1v) is 5.78. The fraction of sp³-hybridized carbons (Fsp3) is 0.385. The summed E-state index contributed by atoms with van der Waals surface area (Å²) in [6, 6.07) is 10.6. The van der Waals surface area contributed by atoms with E-state index in [9.17, 15) is 0 Å². The molecule has 0 saturated heterocycles. The van der Waals surface area contributed by atoms with Gasteiger partial charge in [-0.2, -0.15) is 0 Å². The van der Waals surface area contributed by atoms with E-state index < -0.39 is 0 Å². The molecule has 0 spiro atoms. The van der Waals surface area contributed by atoms with Crippen LogP contribution < -0.4 is 0 Å². The quantitative estimate of drug-likeness (QED) is 0.498. The minimum atomic E-state index is 1.05. The van der Waals surface area contributed by atoms with Crippen molar-refractivity contribution in [3.63, 3.8) is 0 Å². The predicted molar refractivity (Wildman–Crippen MR) is 67.1 cm³/mol. The predicted octanol–water partition coefficient (Wildman–Crippen LogP) is 2.65. The first-order chi connectivity index (χ1) is 7.36. The normalized spacial score (nSPS) is 11.5. The Labute approximate surface area is 102 Å². The van der Waals surface area contributed by atoms with Crippen molar-refractivity contribution in [1.82, 2.24) is 4.90 Å². The van der Waals surface area contributed by atoms with Crippen LogP contribution in [0.5, 0.6) is 0 Å². The Morgan fingerprint density at radius 1 is 1.20 bits per heavy atom. The second-order valence-corrected chi connectivity index (χ2v) is 3.69. The van der Waals surface area contributed by atoms with Crippen LogP contribution in [0.25, 0.3) is 0 Å². The Bertz CT molecular complexity index is 282. The van der Waals surface area contributed by atoms with Gasteiger partial charge in [-0.25, -0.2) is 0 Å². The van der Waals surface area contributed by atoms with Gasteiger partial charge in [0, 0.05) is 0 Å². The SMILES string of the molecule is [Li][CH2]C=CCN(CC)Cc1ccccc1. The molecule has 0 heterocycles. The van der Waals surface area contributed by atoms with Gasteiger partial charge in [0.05, 0.1) is 0 Å². The molecule has 0 N–H and O–H groups in total. The van der Waals surface area contributed by atoms with Gasteiger partial charge in [-0.05, 0) is 0 Å². The third-order valence-corrected chi connectivity index (χ3v) is 2.46. The standard InChI is InChI=1S/C13H18N.Li/c1-3-5-11-14(4-2)12-13-9-7-6-8-10-13;/h3,5-10H,1,4,11-12H2,2H3;. The zero-order valence-corrected chi connectivity index (χ0v) is 9.82. The fourth-order valence-corrected chi connectivity index (χ4v) is 1.54. The zero-order chi connectivity index (χ0) is 10.9. The van der Waals surface area contributed by atoms with Crippen molar-refractivity contribution in [3.8, 4) is 0 Å². The molecule has 0 unspecified atom stereocenters. The number of hydrogen-bond acceptors (Lipinski definition) is 1. The molecule has 15 heavy (non-hydrogen) atoms. The van der Waals surface area contributed by atoms with Gasteiger partial charge in [0.2, 0.25) is 0 Å². The second kappa shape index (κ2) is 7.76. The molecule has 0 aliphatic carbocycles. The van der Waals surface area contributed by atoms with Crippen molar-refractivity contribution < 1.29 is 0 Å². The van der Waals surface area contributed by atoms with E-state index in [0.29, 0.717) is 0 Å². The first-order valence-electron chi connectivity index (χ1n) is 5.78. The van der Waals surface area contributed by atoms with Crippen LogP contribution in [-0.4, -0.2) is 35.7 Å². The van der Waals surface area contributed by atoms with Crippen molar-refractivity contribution >= 4 is 17.7 Å². The molecule has 0 aliphatic rings. The summed E-state index contributed by atoms with van der Waals surface area (Å²) in [4.78, 5) is 2.43.